The molecule has 0 radical (unpaired) electrons. The molecule has 0 fully saturated rings. The van der Waals surface area contributed by atoms with Crippen molar-refractivity contribution in [1.29, 1.82) is 0 Å². The molecule has 0 aliphatic heterocycles. The fourth-order valence-corrected chi connectivity index (χ4v) is 1.55. The third kappa shape index (κ3) is 4.24. The lowest BCUT2D eigenvalue weighted by atomic mass is 10.1. The number of hydrogen-bond donors (Lipinski definition) is 0. The van der Waals surface area contributed by atoms with Crippen molar-refractivity contribution in [3.8, 4) is 0 Å². The van der Waals surface area contributed by atoms with Gasteiger partial charge in [0.25, 0.3) is 0 Å². The Hall–Kier alpha value is -1.18. The molecule has 1 aromatic rings. The van der Waals surface area contributed by atoms with E-state index in [1.807, 2.05) is 19.1 Å². The molecule has 1 heterocycles. The second kappa shape index (κ2) is 6.33. The Kier molecular flexibility index (Phi) is 5.02. The van der Waals surface area contributed by atoms with Crippen molar-refractivity contribution in [1.82, 2.24) is 4.98 Å². The number of hydrogen-bond acceptors (Lipinski definition) is 2. The molecule has 0 saturated heterocycles. The van der Waals surface area contributed by atoms with Crippen molar-refractivity contribution in [2.75, 3.05) is 0 Å². The van der Waals surface area contributed by atoms with Crippen molar-refractivity contribution < 1.29 is 4.79 Å². The summed E-state index contributed by atoms with van der Waals surface area (Å²) in [6.45, 7) is 4.15. The highest BCUT2D eigenvalue weighted by Crippen LogP contribution is 2.07. The van der Waals surface area contributed by atoms with Gasteiger partial charge in [-0.25, -0.2) is 0 Å². The van der Waals surface area contributed by atoms with Crippen LogP contribution >= 0.6 is 0 Å². The third-order valence-corrected chi connectivity index (χ3v) is 2.54. The molecule has 1 rings (SSSR count). The lowest BCUT2D eigenvalue weighted by molar-refractivity contribution is -0.118. The zero-order valence-electron chi connectivity index (χ0n) is 9.62. The molecule has 0 atom stereocenters. The van der Waals surface area contributed by atoms with Gasteiger partial charge >= 0.3 is 0 Å². The molecule has 0 saturated carbocycles. The van der Waals surface area contributed by atoms with Crippen LogP contribution in [0.2, 0.25) is 0 Å². The summed E-state index contributed by atoms with van der Waals surface area (Å²) in [6.07, 6.45) is 6.27. The molecule has 0 spiro atoms. The Morgan fingerprint density at radius 1 is 1.40 bits per heavy atom. The first-order valence-electron chi connectivity index (χ1n) is 5.66. The molecule has 0 bridgehead atoms. The number of nitrogens with zero attached hydrogens (tertiary/aromatic N) is 1. The highest BCUT2D eigenvalue weighted by atomic mass is 16.1. The van der Waals surface area contributed by atoms with Crippen LogP contribution in [0, 0.1) is 6.92 Å². The first kappa shape index (κ1) is 11.9. The molecule has 0 aliphatic carbocycles. The maximum Gasteiger partial charge on any atom is 0.138 e. The SMILES string of the molecule is CCCCCC(=O)Cc1ncccc1C. The van der Waals surface area contributed by atoms with Gasteiger partial charge in [0.15, 0.2) is 0 Å². The van der Waals surface area contributed by atoms with Crippen LogP contribution in [0.3, 0.4) is 0 Å². The average Bonchev–Trinajstić information content (AvgIpc) is 2.22. The smallest absolute Gasteiger partial charge is 0.138 e. The van der Waals surface area contributed by atoms with Gasteiger partial charge in [0.05, 0.1) is 5.69 Å². The molecule has 2 heteroatoms. The van der Waals surface area contributed by atoms with E-state index in [-0.39, 0.29) is 0 Å². The Balaban J connectivity index is 2.41. The Bertz CT molecular complexity index is 320. The number of aromatic nitrogens is 1. The predicted molar refractivity (Wildman–Crippen MR) is 61.8 cm³/mol. The quantitative estimate of drug-likeness (QED) is 0.668. The molecule has 0 aromatic carbocycles. The van der Waals surface area contributed by atoms with E-state index in [1.54, 1.807) is 6.20 Å². The lowest BCUT2D eigenvalue weighted by Crippen LogP contribution is -2.05. The molecule has 0 unspecified atom stereocenters. The zero-order chi connectivity index (χ0) is 11.1. The summed E-state index contributed by atoms with van der Waals surface area (Å²) in [5, 5.41) is 0. The molecule has 0 amide bonds. The highest BCUT2D eigenvalue weighted by Gasteiger charge is 2.06. The molecule has 0 aliphatic rings. The molecular weight excluding hydrogens is 186 g/mol. The minimum atomic E-state index is 0.310. The van der Waals surface area contributed by atoms with Crippen LogP contribution in [0.15, 0.2) is 18.3 Å². The van der Waals surface area contributed by atoms with E-state index in [4.69, 9.17) is 0 Å². The number of carbonyl (C=O) groups excluding carboxylic acids is 1. The van der Waals surface area contributed by atoms with Crippen LogP contribution in [0.25, 0.3) is 0 Å². The first-order valence-corrected chi connectivity index (χ1v) is 5.66. The number of pyridine rings is 1. The van der Waals surface area contributed by atoms with E-state index in [2.05, 4.69) is 11.9 Å². The molecular formula is C13H19NO. The number of rotatable bonds is 6. The van der Waals surface area contributed by atoms with Crippen LogP contribution in [-0.2, 0) is 11.2 Å². The first-order chi connectivity index (χ1) is 7.24. The second-order valence-corrected chi connectivity index (χ2v) is 3.94. The van der Waals surface area contributed by atoms with Gasteiger partial charge in [0.1, 0.15) is 5.78 Å². The minimum absolute atomic E-state index is 0.310. The lowest BCUT2D eigenvalue weighted by Gasteiger charge is -2.03. The van der Waals surface area contributed by atoms with Gasteiger partial charge < -0.3 is 0 Å². The summed E-state index contributed by atoms with van der Waals surface area (Å²) >= 11 is 0. The summed E-state index contributed by atoms with van der Waals surface area (Å²) < 4.78 is 0. The number of aryl methyl sites for hydroxylation is 1. The van der Waals surface area contributed by atoms with Gasteiger partial charge in [-0.2, -0.15) is 0 Å². The molecule has 2 nitrogen and oxygen atoms in total. The zero-order valence-corrected chi connectivity index (χ0v) is 9.62. The van der Waals surface area contributed by atoms with E-state index in [9.17, 15) is 4.79 Å². The number of unbranched alkanes of at least 4 members (excludes halogenated alkanes) is 2. The highest BCUT2D eigenvalue weighted by molar-refractivity contribution is 5.80. The Morgan fingerprint density at radius 3 is 2.87 bits per heavy atom. The maximum absolute atomic E-state index is 11.6. The van der Waals surface area contributed by atoms with Gasteiger partial charge in [-0.05, 0) is 25.0 Å². The van der Waals surface area contributed by atoms with Gasteiger partial charge in [-0.15, -0.1) is 0 Å². The van der Waals surface area contributed by atoms with Crippen molar-refractivity contribution in [2.45, 2.75) is 46.0 Å². The van der Waals surface area contributed by atoms with Gasteiger partial charge in [-0.1, -0.05) is 25.8 Å². The number of ketones is 1. The van der Waals surface area contributed by atoms with Crippen LogP contribution in [0.1, 0.15) is 43.9 Å². The normalized spacial score (nSPS) is 10.3. The summed E-state index contributed by atoms with van der Waals surface area (Å²) in [6, 6.07) is 3.90. The van der Waals surface area contributed by atoms with Crippen molar-refractivity contribution in [3.05, 3.63) is 29.6 Å². The van der Waals surface area contributed by atoms with Crippen molar-refractivity contribution >= 4 is 5.78 Å². The van der Waals surface area contributed by atoms with Crippen LogP contribution in [0.5, 0.6) is 0 Å². The molecule has 0 N–H and O–H groups in total. The minimum Gasteiger partial charge on any atom is -0.299 e. The Labute approximate surface area is 91.7 Å². The third-order valence-electron chi connectivity index (χ3n) is 2.54. The summed E-state index contributed by atoms with van der Waals surface area (Å²) in [4.78, 5) is 15.8. The van der Waals surface area contributed by atoms with E-state index in [0.29, 0.717) is 18.6 Å². The number of Topliss-reactive ketones (excluding diaryl/α,β-unsaturated/α-hetero) is 1. The van der Waals surface area contributed by atoms with E-state index in [0.717, 1.165) is 30.5 Å². The van der Waals surface area contributed by atoms with Gasteiger partial charge in [-0.3, -0.25) is 9.78 Å². The maximum atomic E-state index is 11.6. The van der Waals surface area contributed by atoms with Crippen molar-refractivity contribution in [2.24, 2.45) is 0 Å². The van der Waals surface area contributed by atoms with E-state index in [1.165, 1.54) is 0 Å². The standard InChI is InChI=1S/C13H19NO/c1-3-4-5-8-12(15)10-13-11(2)7-6-9-14-13/h6-7,9H,3-5,8,10H2,1-2H3. The van der Waals surface area contributed by atoms with Gasteiger partial charge in [0.2, 0.25) is 0 Å². The largest absolute Gasteiger partial charge is 0.299 e. The Morgan fingerprint density at radius 2 is 2.20 bits per heavy atom. The van der Waals surface area contributed by atoms with E-state index < -0.39 is 0 Å². The summed E-state index contributed by atoms with van der Waals surface area (Å²) in [5.41, 5.74) is 2.04. The fourth-order valence-electron chi connectivity index (χ4n) is 1.55. The molecule has 82 valence electrons. The van der Waals surface area contributed by atoms with E-state index >= 15 is 0 Å². The van der Waals surface area contributed by atoms with Gasteiger partial charge in [0, 0.05) is 19.0 Å². The second-order valence-electron chi connectivity index (χ2n) is 3.94. The fraction of sp³-hybridized carbons (Fsp3) is 0.538. The van der Waals surface area contributed by atoms with Crippen LogP contribution in [0.4, 0.5) is 0 Å². The van der Waals surface area contributed by atoms with Crippen LogP contribution in [-0.4, -0.2) is 10.8 Å². The molecule has 15 heavy (non-hydrogen) atoms. The topological polar surface area (TPSA) is 30.0 Å². The summed E-state index contributed by atoms with van der Waals surface area (Å²) in [5.74, 6) is 0.310. The number of carbonyl (C=O) groups is 1. The predicted octanol–water partition coefficient (Wildman–Crippen LogP) is 3.08. The molecule has 1 aromatic heterocycles. The average molecular weight is 205 g/mol. The van der Waals surface area contributed by atoms with Crippen molar-refractivity contribution in [3.63, 3.8) is 0 Å². The van der Waals surface area contributed by atoms with Crippen LogP contribution < -0.4 is 0 Å². The summed E-state index contributed by atoms with van der Waals surface area (Å²) in [7, 11) is 0. The monoisotopic (exact) mass is 205 g/mol.